The number of thioether (sulfide) groups is 1. The number of benzene rings is 1. The number of hydrogen-bond acceptors (Lipinski definition) is 4. The summed E-state index contributed by atoms with van der Waals surface area (Å²) in [5.74, 6) is 0.942. The average molecular weight is 234 g/mol. The SMILES string of the molecule is COCCSc1ccc(N)c2cnccc12. The lowest BCUT2D eigenvalue weighted by Gasteiger charge is -2.07. The molecular formula is C12H14N2OS. The van der Waals surface area contributed by atoms with E-state index in [-0.39, 0.29) is 0 Å². The van der Waals surface area contributed by atoms with Crippen molar-refractivity contribution in [1.29, 1.82) is 0 Å². The summed E-state index contributed by atoms with van der Waals surface area (Å²) in [7, 11) is 1.71. The van der Waals surface area contributed by atoms with Crippen molar-refractivity contribution in [1.82, 2.24) is 4.98 Å². The van der Waals surface area contributed by atoms with Crippen LogP contribution < -0.4 is 5.73 Å². The molecule has 1 aromatic heterocycles. The van der Waals surface area contributed by atoms with Gasteiger partial charge in [0.15, 0.2) is 0 Å². The van der Waals surface area contributed by atoms with E-state index in [4.69, 9.17) is 10.5 Å². The summed E-state index contributed by atoms with van der Waals surface area (Å²) >= 11 is 1.77. The maximum absolute atomic E-state index is 5.91. The first-order chi connectivity index (χ1) is 7.83. The van der Waals surface area contributed by atoms with Gasteiger partial charge in [-0.05, 0) is 18.2 Å². The van der Waals surface area contributed by atoms with Gasteiger partial charge in [0.05, 0.1) is 6.61 Å². The van der Waals surface area contributed by atoms with Gasteiger partial charge in [0.25, 0.3) is 0 Å². The van der Waals surface area contributed by atoms with Crippen molar-refractivity contribution in [3.63, 3.8) is 0 Å². The molecule has 0 amide bonds. The van der Waals surface area contributed by atoms with Crippen LogP contribution in [-0.4, -0.2) is 24.5 Å². The van der Waals surface area contributed by atoms with E-state index in [0.29, 0.717) is 0 Å². The molecule has 0 radical (unpaired) electrons. The van der Waals surface area contributed by atoms with E-state index in [0.717, 1.165) is 28.8 Å². The molecule has 0 aliphatic heterocycles. The van der Waals surface area contributed by atoms with Gasteiger partial charge in [0.2, 0.25) is 0 Å². The largest absolute Gasteiger partial charge is 0.398 e. The number of aromatic nitrogens is 1. The Morgan fingerprint density at radius 3 is 3.00 bits per heavy atom. The Bertz CT molecular complexity index is 487. The molecule has 0 atom stereocenters. The predicted octanol–water partition coefficient (Wildman–Crippen LogP) is 2.56. The van der Waals surface area contributed by atoms with E-state index in [1.54, 1.807) is 25.1 Å². The molecule has 0 aliphatic carbocycles. The third kappa shape index (κ3) is 2.28. The van der Waals surface area contributed by atoms with Crippen molar-refractivity contribution in [2.45, 2.75) is 4.90 Å². The molecule has 0 aliphatic rings. The lowest BCUT2D eigenvalue weighted by atomic mass is 10.1. The number of hydrogen-bond donors (Lipinski definition) is 1. The lowest BCUT2D eigenvalue weighted by Crippen LogP contribution is -1.93. The van der Waals surface area contributed by atoms with Gasteiger partial charge < -0.3 is 10.5 Å². The number of pyridine rings is 1. The number of nitrogens with zero attached hydrogens (tertiary/aromatic N) is 1. The Labute approximate surface area is 99.0 Å². The van der Waals surface area contributed by atoms with Crippen molar-refractivity contribution in [3.8, 4) is 0 Å². The molecule has 1 aromatic carbocycles. The standard InChI is InChI=1S/C12H14N2OS/c1-15-6-7-16-12-3-2-11(13)10-8-14-5-4-9(10)12/h2-5,8H,6-7,13H2,1H3. The van der Waals surface area contributed by atoms with Crippen molar-refractivity contribution in [2.75, 3.05) is 25.2 Å². The molecule has 0 unspecified atom stereocenters. The smallest absolute Gasteiger partial charge is 0.0556 e. The molecule has 4 heteroatoms. The number of nitrogens with two attached hydrogens (primary N) is 1. The number of fused-ring (bicyclic) bond motifs is 1. The van der Waals surface area contributed by atoms with Crippen LogP contribution in [0.4, 0.5) is 5.69 Å². The Hall–Kier alpha value is -1.26. The quantitative estimate of drug-likeness (QED) is 0.502. The monoisotopic (exact) mass is 234 g/mol. The first kappa shape index (κ1) is 11.2. The summed E-state index contributed by atoms with van der Waals surface area (Å²) in [6, 6.07) is 5.98. The van der Waals surface area contributed by atoms with Gasteiger partial charge in [0, 0.05) is 46.6 Å². The highest BCUT2D eigenvalue weighted by atomic mass is 32.2. The highest BCUT2D eigenvalue weighted by molar-refractivity contribution is 7.99. The van der Waals surface area contributed by atoms with Gasteiger partial charge in [-0.3, -0.25) is 4.98 Å². The first-order valence-electron chi connectivity index (χ1n) is 5.07. The highest BCUT2D eigenvalue weighted by Gasteiger charge is 2.04. The van der Waals surface area contributed by atoms with Crippen LogP contribution in [0.5, 0.6) is 0 Å². The topological polar surface area (TPSA) is 48.1 Å². The van der Waals surface area contributed by atoms with Gasteiger partial charge >= 0.3 is 0 Å². The second-order valence-corrected chi connectivity index (χ2v) is 4.55. The lowest BCUT2D eigenvalue weighted by molar-refractivity contribution is 0.218. The van der Waals surface area contributed by atoms with E-state index in [2.05, 4.69) is 11.1 Å². The number of methoxy groups -OCH3 is 1. The van der Waals surface area contributed by atoms with Gasteiger partial charge in [-0.1, -0.05) is 0 Å². The fourth-order valence-electron chi connectivity index (χ4n) is 1.55. The molecule has 2 aromatic rings. The molecule has 0 saturated carbocycles. The second kappa shape index (κ2) is 5.18. The van der Waals surface area contributed by atoms with E-state index in [1.165, 1.54) is 4.90 Å². The van der Waals surface area contributed by atoms with Crippen molar-refractivity contribution in [2.24, 2.45) is 0 Å². The number of rotatable bonds is 4. The van der Waals surface area contributed by atoms with Gasteiger partial charge in [-0.15, -0.1) is 11.8 Å². The van der Waals surface area contributed by atoms with Crippen LogP contribution in [0.1, 0.15) is 0 Å². The van der Waals surface area contributed by atoms with Crippen LogP contribution in [0.3, 0.4) is 0 Å². The van der Waals surface area contributed by atoms with E-state index >= 15 is 0 Å². The van der Waals surface area contributed by atoms with Crippen LogP contribution in [0.15, 0.2) is 35.5 Å². The maximum Gasteiger partial charge on any atom is 0.0556 e. The normalized spacial score (nSPS) is 10.8. The Morgan fingerprint density at radius 2 is 2.19 bits per heavy atom. The fourth-order valence-corrected chi connectivity index (χ4v) is 2.51. The minimum atomic E-state index is 0.752. The molecule has 1 heterocycles. The molecule has 3 nitrogen and oxygen atoms in total. The van der Waals surface area contributed by atoms with E-state index in [9.17, 15) is 0 Å². The molecule has 0 fully saturated rings. The molecular weight excluding hydrogens is 220 g/mol. The fraction of sp³-hybridized carbons (Fsp3) is 0.250. The van der Waals surface area contributed by atoms with E-state index < -0.39 is 0 Å². The third-order valence-electron chi connectivity index (χ3n) is 2.36. The zero-order valence-electron chi connectivity index (χ0n) is 9.14. The molecule has 0 bridgehead atoms. The summed E-state index contributed by atoms with van der Waals surface area (Å²) in [6.45, 7) is 0.752. The van der Waals surface area contributed by atoms with Crippen molar-refractivity contribution < 1.29 is 4.74 Å². The van der Waals surface area contributed by atoms with Gasteiger partial charge in [-0.25, -0.2) is 0 Å². The molecule has 0 saturated heterocycles. The third-order valence-corrected chi connectivity index (χ3v) is 3.39. The number of nitrogen functional groups attached to an aromatic ring is 1. The van der Waals surface area contributed by atoms with Gasteiger partial charge in [-0.2, -0.15) is 0 Å². The highest BCUT2D eigenvalue weighted by Crippen LogP contribution is 2.30. The zero-order chi connectivity index (χ0) is 11.4. The maximum atomic E-state index is 5.91. The summed E-state index contributed by atoms with van der Waals surface area (Å²) in [6.07, 6.45) is 3.60. The first-order valence-corrected chi connectivity index (χ1v) is 6.05. The number of ether oxygens (including phenoxy) is 1. The van der Waals surface area contributed by atoms with Crippen molar-refractivity contribution in [3.05, 3.63) is 30.6 Å². The summed E-state index contributed by atoms with van der Waals surface area (Å²) < 4.78 is 5.04. The Balaban J connectivity index is 2.35. The molecule has 0 spiro atoms. The number of anilines is 1. The Kier molecular flexibility index (Phi) is 3.64. The zero-order valence-corrected chi connectivity index (χ0v) is 9.96. The average Bonchev–Trinajstić information content (AvgIpc) is 2.33. The van der Waals surface area contributed by atoms with Crippen LogP contribution >= 0.6 is 11.8 Å². The summed E-state index contributed by atoms with van der Waals surface area (Å²) in [5.41, 5.74) is 6.68. The van der Waals surface area contributed by atoms with Gasteiger partial charge in [0.1, 0.15) is 0 Å². The Morgan fingerprint density at radius 1 is 1.31 bits per heavy atom. The van der Waals surface area contributed by atoms with Crippen LogP contribution in [0, 0.1) is 0 Å². The van der Waals surface area contributed by atoms with Crippen molar-refractivity contribution >= 4 is 28.2 Å². The van der Waals surface area contributed by atoms with E-state index in [1.807, 2.05) is 18.3 Å². The summed E-state index contributed by atoms with van der Waals surface area (Å²) in [5, 5.41) is 2.18. The van der Waals surface area contributed by atoms with Crippen LogP contribution in [0.25, 0.3) is 10.8 Å². The van der Waals surface area contributed by atoms with Crippen LogP contribution in [-0.2, 0) is 4.74 Å². The second-order valence-electron chi connectivity index (χ2n) is 3.42. The predicted molar refractivity (Wildman–Crippen MR) is 68.8 cm³/mol. The summed E-state index contributed by atoms with van der Waals surface area (Å²) in [4.78, 5) is 5.32. The van der Waals surface area contributed by atoms with Crippen LogP contribution in [0.2, 0.25) is 0 Å². The molecule has 16 heavy (non-hydrogen) atoms. The molecule has 84 valence electrons. The minimum absolute atomic E-state index is 0.752. The molecule has 2 rings (SSSR count). The minimum Gasteiger partial charge on any atom is -0.398 e. The molecule has 2 N–H and O–H groups in total.